The number of amides is 2. The molecule has 0 spiro atoms. The van der Waals surface area contributed by atoms with Crippen molar-refractivity contribution in [1.29, 1.82) is 0 Å². The van der Waals surface area contributed by atoms with Gasteiger partial charge in [0.1, 0.15) is 24.0 Å². The number of carbonyl (C=O) groups excluding carboxylic acids is 1. The van der Waals surface area contributed by atoms with Crippen molar-refractivity contribution in [3.05, 3.63) is 76.9 Å². The molecule has 9 heteroatoms. The van der Waals surface area contributed by atoms with E-state index in [-0.39, 0.29) is 12.1 Å². The molecular weight excluding hydrogens is 493 g/mol. The molecule has 2 saturated heterocycles. The van der Waals surface area contributed by atoms with Crippen LogP contribution < -0.4 is 5.73 Å². The van der Waals surface area contributed by atoms with E-state index in [2.05, 4.69) is 58.5 Å². The summed E-state index contributed by atoms with van der Waals surface area (Å²) < 4.78 is 18.1. The normalized spacial score (nSPS) is 22.8. The number of rotatable bonds is 5. The highest BCUT2D eigenvalue weighted by atomic mass is 19.1. The maximum atomic E-state index is 15.9. The van der Waals surface area contributed by atoms with Crippen LogP contribution in [0.5, 0.6) is 0 Å². The first kappa shape index (κ1) is 25.6. The minimum absolute atomic E-state index is 0.0905. The molecule has 2 aliphatic heterocycles. The van der Waals surface area contributed by atoms with Crippen LogP contribution in [0.4, 0.5) is 15.0 Å². The first-order valence-electron chi connectivity index (χ1n) is 13.8. The number of nitrogen functional groups attached to an aromatic ring is 1. The summed E-state index contributed by atoms with van der Waals surface area (Å²) in [6, 6.07) is 6.55. The molecular formula is C30H36FN7O. The molecule has 3 aliphatic rings. The van der Waals surface area contributed by atoms with Gasteiger partial charge in [-0.1, -0.05) is 35.4 Å². The van der Waals surface area contributed by atoms with E-state index in [1.807, 2.05) is 23.2 Å². The Bertz CT molecular complexity index is 1450. The predicted octanol–water partition coefficient (Wildman–Crippen LogP) is 4.71. The number of allylic oxidation sites excluding steroid dienone is 3. The second-order valence-electron chi connectivity index (χ2n) is 11.3. The third kappa shape index (κ3) is 4.80. The average molecular weight is 530 g/mol. The Morgan fingerprint density at radius 2 is 1.79 bits per heavy atom. The Hall–Kier alpha value is -3.72. The fourth-order valence-corrected chi connectivity index (χ4v) is 6.38. The number of benzene rings is 1. The van der Waals surface area contributed by atoms with Gasteiger partial charge >= 0.3 is 6.03 Å². The molecule has 4 heterocycles. The van der Waals surface area contributed by atoms with Crippen LogP contribution in [0.2, 0.25) is 0 Å². The van der Waals surface area contributed by atoms with Crippen molar-refractivity contribution in [3.63, 3.8) is 0 Å². The highest BCUT2D eigenvalue weighted by molar-refractivity contribution is 5.91. The SMILES string of the molecule is Cc1cc(C)cc(CN2CCN(C3=CC(F)C(c4cn(C5CCN(C)CC5)c5ncnc(N)c45)C=C3)C2=O)c1. The lowest BCUT2D eigenvalue weighted by atomic mass is 9.90. The Morgan fingerprint density at radius 3 is 2.51 bits per heavy atom. The monoisotopic (exact) mass is 529 g/mol. The standard InChI is InChI=1S/C30H36FN7O/c1-19-12-20(2)14-21(13-19)16-36-10-11-37(30(36)39)23-4-5-24(26(31)15-23)25-17-38(22-6-8-35(3)9-7-22)29-27(25)28(32)33-18-34-29/h4-5,12-15,17-18,22,24,26H,6-11,16H2,1-3H3,(H2,32,33,34). The molecule has 2 unspecified atom stereocenters. The number of hydrogen-bond acceptors (Lipinski definition) is 5. The van der Waals surface area contributed by atoms with Crippen LogP contribution in [0.1, 0.15) is 47.1 Å². The minimum atomic E-state index is -1.30. The lowest BCUT2D eigenvalue weighted by Crippen LogP contribution is -2.32. The summed E-state index contributed by atoms with van der Waals surface area (Å²) in [6.07, 6.45) is 9.52. The van der Waals surface area contributed by atoms with Crippen LogP contribution in [-0.4, -0.2) is 74.7 Å². The van der Waals surface area contributed by atoms with Crippen molar-refractivity contribution in [1.82, 2.24) is 29.2 Å². The van der Waals surface area contributed by atoms with E-state index in [1.165, 1.54) is 17.5 Å². The molecule has 2 amide bonds. The maximum Gasteiger partial charge on any atom is 0.324 e. The van der Waals surface area contributed by atoms with Crippen molar-refractivity contribution in [2.75, 3.05) is 39.0 Å². The number of urea groups is 1. The summed E-state index contributed by atoms with van der Waals surface area (Å²) in [5.41, 5.74) is 12.0. The smallest absolute Gasteiger partial charge is 0.324 e. The minimum Gasteiger partial charge on any atom is -0.383 e. The van der Waals surface area contributed by atoms with Crippen molar-refractivity contribution < 1.29 is 9.18 Å². The van der Waals surface area contributed by atoms with E-state index in [9.17, 15) is 4.79 Å². The van der Waals surface area contributed by atoms with E-state index in [0.717, 1.165) is 48.1 Å². The van der Waals surface area contributed by atoms with Gasteiger partial charge in [0.15, 0.2) is 0 Å². The number of halogens is 1. The molecule has 0 radical (unpaired) electrons. The Kier molecular flexibility index (Phi) is 6.62. The number of likely N-dealkylation sites (tertiary alicyclic amines) is 1. The van der Waals surface area contributed by atoms with Crippen LogP contribution in [0, 0.1) is 13.8 Å². The van der Waals surface area contributed by atoms with E-state index < -0.39 is 12.1 Å². The van der Waals surface area contributed by atoms with Gasteiger partial charge in [0.05, 0.1) is 5.39 Å². The third-order valence-electron chi connectivity index (χ3n) is 8.32. The lowest BCUT2D eigenvalue weighted by molar-refractivity contribution is 0.198. The van der Waals surface area contributed by atoms with Crippen molar-refractivity contribution >= 4 is 22.9 Å². The molecule has 0 bridgehead atoms. The number of piperidine rings is 1. The first-order valence-corrected chi connectivity index (χ1v) is 13.8. The number of carbonyl (C=O) groups is 1. The van der Waals surface area contributed by atoms with E-state index >= 15 is 4.39 Å². The summed E-state index contributed by atoms with van der Waals surface area (Å²) >= 11 is 0. The number of alkyl halides is 1. The lowest BCUT2D eigenvalue weighted by Gasteiger charge is -2.30. The van der Waals surface area contributed by atoms with Crippen molar-refractivity contribution in [2.24, 2.45) is 0 Å². The van der Waals surface area contributed by atoms with E-state index in [4.69, 9.17) is 5.73 Å². The molecule has 2 fully saturated rings. The van der Waals surface area contributed by atoms with E-state index in [0.29, 0.717) is 31.1 Å². The van der Waals surface area contributed by atoms with Gasteiger partial charge < -0.3 is 20.1 Å². The van der Waals surface area contributed by atoms with Gasteiger partial charge in [-0.2, -0.15) is 0 Å². The largest absolute Gasteiger partial charge is 0.383 e. The summed E-state index contributed by atoms with van der Waals surface area (Å²) in [6.45, 7) is 7.83. The molecule has 39 heavy (non-hydrogen) atoms. The highest BCUT2D eigenvalue weighted by Crippen LogP contribution is 2.39. The summed E-state index contributed by atoms with van der Waals surface area (Å²) in [5, 5.41) is 0.724. The number of aryl methyl sites for hydroxylation is 2. The summed E-state index contributed by atoms with van der Waals surface area (Å²) in [4.78, 5) is 27.9. The predicted molar refractivity (Wildman–Crippen MR) is 151 cm³/mol. The molecule has 204 valence electrons. The summed E-state index contributed by atoms with van der Waals surface area (Å²) in [5.74, 6) is -0.157. The van der Waals surface area contributed by atoms with Crippen LogP contribution in [-0.2, 0) is 6.54 Å². The van der Waals surface area contributed by atoms with Gasteiger partial charge in [-0.25, -0.2) is 19.2 Å². The van der Waals surface area contributed by atoms with Gasteiger partial charge in [-0.15, -0.1) is 0 Å². The molecule has 2 N–H and O–H groups in total. The van der Waals surface area contributed by atoms with Crippen LogP contribution >= 0.6 is 0 Å². The molecule has 6 rings (SSSR count). The molecule has 0 saturated carbocycles. The van der Waals surface area contributed by atoms with Gasteiger partial charge in [0, 0.05) is 43.5 Å². The van der Waals surface area contributed by atoms with Gasteiger partial charge in [-0.3, -0.25) is 4.90 Å². The fourth-order valence-electron chi connectivity index (χ4n) is 6.38. The van der Waals surface area contributed by atoms with Crippen LogP contribution in [0.15, 0.2) is 54.6 Å². The Balaban J connectivity index is 1.23. The zero-order valence-electron chi connectivity index (χ0n) is 22.8. The number of nitrogens with two attached hydrogens (primary N) is 1. The van der Waals surface area contributed by atoms with Gasteiger partial charge in [0.2, 0.25) is 0 Å². The zero-order valence-corrected chi connectivity index (χ0v) is 22.8. The van der Waals surface area contributed by atoms with Crippen molar-refractivity contribution in [3.8, 4) is 0 Å². The number of anilines is 1. The zero-order chi connectivity index (χ0) is 27.3. The third-order valence-corrected chi connectivity index (χ3v) is 8.32. The quantitative estimate of drug-likeness (QED) is 0.518. The molecule has 2 atom stereocenters. The number of nitrogens with zero attached hydrogens (tertiary/aromatic N) is 6. The second kappa shape index (κ2) is 10.1. The maximum absolute atomic E-state index is 15.9. The van der Waals surface area contributed by atoms with Crippen LogP contribution in [0.3, 0.4) is 0 Å². The molecule has 2 aromatic heterocycles. The van der Waals surface area contributed by atoms with Crippen molar-refractivity contribution in [2.45, 2.75) is 51.4 Å². The summed E-state index contributed by atoms with van der Waals surface area (Å²) in [7, 11) is 2.13. The average Bonchev–Trinajstić information content (AvgIpc) is 3.45. The number of aromatic nitrogens is 3. The fraction of sp³-hybridized carbons (Fsp3) is 0.433. The van der Waals surface area contributed by atoms with Gasteiger partial charge in [0.25, 0.3) is 0 Å². The molecule has 1 aromatic carbocycles. The Labute approximate surface area is 228 Å². The molecule has 1 aliphatic carbocycles. The number of fused-ring (bicyclic) bond motifs is 1. The topological polar surface area (TPSA) is 83.5 Å². The van der Waals surface area contributed by atoms with Crippen LogP contribution in [0.25, 0.3) is 11.0 Å². The number of hydrogen-bond donors (Lipinski definition) is 1. The highest BCUT2D eigenvalue weighted by Gasteiger charge is 2.34. The Morgan fingerprint density at radius 1 is 1.05 bits per heavy atom. The van der Waals surface area contributed by atoms with Gasteiger partial charge in [-0.05, 0) is 70.1 Å². The van der Waals surface area contributed by atoms with E-state index in [1.54, 1.807) is 11.0 Å². The molecule has 8 nitrogen and oxygen atoms in total. The second-order valence-corrected chi connectivity index (χ2v) is 11.3. The first-order chi connectivity index (χ1) is 18.8. The molecule has 3 aromatic rings.